The minimum absolute atomic E-state index is 0.107. The lowest BCUT2D eigenvalue weighted by atomic mass is 9.81. The van der Waals surface area contributed by atoms with Gasteiger partial charge in [-0.15, -0.1) is 0 Å². The molecule has 0 radical (unpaired) electrons. The number of hydrogen-bond acceptors (Lipinski definition) is 3. The number of carbonyl (C=O) groups excluding carboxylic acids is 2. The van der Waals surface area contributed by atoms with Gasteiger partial charge in [-0.3, -0.25) is 9.59 Å². The molecule has 6 heteroatoms. The summed E-state index contributed by atoms with van der Waals surface area (Å²) in [7, 11) is 0. The molecule has 2 amide bonds. The van der Waals surface area contributed by atoms with Gasteiger partial charge in [-0.25, -0.2) is 4.79 Å². The van der Waals surface area contributed by atoms with Gasteiger partial charge in [0.2, 0.25) is 5.91 Å². The van der Waals surface area contributed by atoms with E-state index in [1.165, 1.54) is 0 Å². The van der Waals surface area contributed by atoms with Gasteiger partial charge >= 0.3 is 5.97 Å². The topological polar surface area (TPSA) is 86.7 Å². The van der Waals surface area contributed by atoms with E-state index in [1.54, 1.807) is 29.2 Å². The van der Waals surface area contributed by atoms with Crippen LogP contribution in [-0.2, 0) is 9.59 Å². The van der Waals surface area contributed by atoms with Gasteiger partial charge in [0, 0.05) is 24.2 Å². The minimum atomic E-state index is -1.16. The Hall–Kier alpha value is -2.37. The highest BCUT2D eigenvalue weighted by Gasteiger charge is 2.41. The fraction of sp³-hybridized carbons (Fsp3) is 0.526. The van der Waals surface area contributed by atoms with Crippen LogP contribution >= 0.6 is 0 Å². The zero-order valence-electron chi connectivity index (χ0n) is 14.3. The first-order valence-electron chi connectivity index (χ1n) is 8.98. The van der Waals surface area contributed by atoms with Crippen LogP contribution in [0.1, 0.15) is 61.7 Å². The number of aliphatic carboxylic acids is 1. The maximum absolute atomic E-state index is 12.5. The number of carbonyl (C=O) groups is 3. The lowest BCUT2D eigenvalue weighted by Gasteiger charge is -2.34. The maximum atomic E-state index is 12.5. The number of nitrogens with zero attached hydrogens (tertiary/aromatic N) is 1. The molecule has 134 valence electrons. The third kappa shape index (κ3) is 3.67. The Bertz CT molecular complexity index is 663. The van der Waals surface area contributed by atoms with Gasteiger partial charge in [0.25, 0.3) is 5.91 Å². The molecule has 1 saturated heterocycles. The lowest BCUT2D eigenvalue weighted by Crippen LogP contribution is -2.55. The van der Waals surface area contributed by atoms with Crippen LogP contribution in [0.3, 0.4) is 0 Å². The van der Waals surface area contributed by atoms with Crippen molar-refractivity contribution in [2.45, 2.75) is 56.9 Å². The van der Waals surface area contributed by atoms with Gasteiger partial charge in [-0.05, 0) is 49.9 Å². The van der Waals surface area contributed by atoms with Gasteiger partial charge < -0.3 is 15.3 Å². The number of hydrogen-bond donors (Lipinski definition) is 2. The Morgan fingerprint density at radius 1 is 1.00 bits per heavy atom. The van der Waals surface area contributed by atoms with Crippen molar-refractivity contribution in [3.63, 3.8) is 0 Å². The third-order valence-corrected chi connectivity index (χ3v) is 5.23. The Kier molecular flexibility index (Phi) is 5.06. The second-order valence-corrected chi connectivity index (χ2v) is 6.95. The van der Waals surface area contributed by atoms with E-state index >= 15 is 0 Å². The summed E-state index contributed by atoms with van der Waals surface area (Å²) in [6.45, 7) is 0.701. The van der Waals surface area contributed by atoms with Gasteiger partial charge in [0.15, 0.2) is 0 Å². The molecule has 1 heterocycles. The molecule has 1 aromatic rings. The molecular weight excluding hydrogens is 320 g/mol. The highest BCUT2D eigenvalue weighted by molar-refractivity contribution is 5.99. The van der Waals surface area contributed by atoms with Gasteiger partial charge in [0.1, 0.15) is 5.54 Å². The number of nitrogens with one attached hydrogen (secondary N) is 1. The van der Waals surface area contributed by atoms with Crippen LogP contribution < -0.4 is 10.2 Å². The average Bonchev–Trinajstić information content (AvgIpc) is 2.63. The van der Waals surface area contributed by atoms with Gasteiger partial charge in [0.05, 0.1) is 0 Å². The molecule has 3 rings (SSSR count). The van der Waals surface area contributed by atoms with Gasteiger partial charge in [-0.2, -0.15) is 0 Å². The molecule has 2 aliphatic rings. The highest BCUT2D eigenvalue weighted by Crippen LogP contribution is 2.29. The Morgan fingerprint density at radius 2 is 1.68 bits per heavy atom. The Morgan fingerprint density at radius 3 is 2.28 bits per heavy atom. The summed E-state index contributed by atoms with van der Waals surface area (Å²) in [5, 5.41) is 12.3. The van der Waals surface area contributed by atoms with Crippen molar-refractivity contribution in [1.29, 1.82) is 0 Å². The van der Waals surface area contributed by atoms with E-state index in [0.717, 1.165) is 37.8 Å². The monoisotopic (exact) mass is 344 g/mol. The predicted molar refractivity (Wildman–Crippen MR) is 93.6 cm³/mol. The second kappa shape index (κ2) is 7.25. The van der Waals surface area contributed by atoms with E-state index in [2.05, 4.69) is 5.32 Å². The number of piperidine rings is 1. The molecule has 0 unspecified atom stereocenters. The first kappa shape index (κ1) is 17.5. The molecule has 6 nitrogen and oxygen atoms in total. The van der Waals surface area contributed by atoms with Crippen LogP contribution in [0, 0.1) is 0 Å². The predicted octanol–water partition coefficient (Wildman–Crippen LogP) is 2.72. The van der Waals surface area contributed by atoms with Crippen molar-refractivity contribution in [1.82, 2.24) is 5.32 Å². The number of carboxylic acids is 1. The summed E-state index contributed by atoms with van der Waals surface area (Å²) >= 11 is 0. The molecule has 25 heavy (non-hydrogen) atoms. The van der Waals surface area contributed by atoms with E-state index in [9.17, 15) is 19.5 Å². The first-order chi connectivity index (χ1) is 12.0. The molecule has 1 aliphatic carbocycles. The number of rotatable bonds is 4. The molecule has 1 aliphatic heterocycles. The fourth-order valence-corrected chi connectivity index (χ4v) is 3.71. The minimum Gasteiger partial charge on any atom is -0.480 e. The number of benzene rings is 1. The molecule has 0 atom stereocenters. The third-order valence-electron chi connectivity index (χ3n) is 5.23. The van der Waals surface area contributed by atoms with E-state index in [0.29, 0.717) is 31.4 Å². The Balaban J connectivity index is 1.72. The molecule has 0 bridgehead atoms. The number of carboxylic acid groups (broad SMARTS) is 1. The van der Waals surface area contributed by atoms with Crippen molar-refractivity contribution >= 4 is 23.5 Å². The fourth-order valence-electron chi connectivity index (χ4n) is 3.71. The normalized spacial score (nSPS) is 20.2. The van der Waals surface area contributed by atoms with E-state index in [4.69, 9.17) is 0 Å². The van der Waals surface area contributed by atoms with Crippen LogP contribution in [0.4, 0.5) is 5.69 Å². The number of anilines is 1. The maximum Gasteiger partial charge on any atom is 0.329 e. The molecule has 0 spiro atoms. The van der Waals surface area contributed by atoms with Crippen LogP contribution in [0.25, 0.3) is 0 Å². The number of amides is 2. The first-order valence-corrected chi connectivity index (χ1v) is 8.98. The molecule has 1 aromatic carbocycles. The van der Waals surface area contributed by atoms with Crippen LogP contribution in [0.15, 0.2) is 24.3 Å². The molecule has 1 saturated carbocycles. The highest BCUT2D eigenvalue weighted by atomic mass is 16.4. The van der Waals surface area contributed by atoms with Crippen molar-refractivity contribution in [3.05, 3.63) is 29.8 Å². The zero-order valence-corrected chi connectivity index (χ0v) is 14.3. The zero-order chi connectivity index (χ0) is 17.9. The van der Waals surface area contributed by atoms with E-state index in [1.807, 2.05) is 0 Å². The smallest absolute Gasteiger partial charge is 0.329 e. The SMILES string of the molecule is O=C(NC1(C(=O)O)CCCCC1)c1ccc(N2CCCCC2=O)cc1. The van der Waals surface area contributed by atoms with Crippen LogP contribution in [-0.4, -0.2) is 35.0 Å². The van der Waals surface area contributed by atoms with Gasteiger partial charge in [-0.1, -0.05) is 19.3 Å². The van der Waals surface area contributed by atoms with E-state index in [-0.39, 0.29) is 11.8 Å². The van der Waals surface area contributed by atoms with Crippen LogP contribution in [0.2, 0.25) is 0 Å². The van der Waals surface area contributed by atoms with Crippen molar-refractivity contribution in [2.75, 3.05) is 11.4 Å². The van der Waals surface area contributed by atoms with Crippen LogP contribution in [0.5, 0.6) is 0 Å². The van der Waals surface area contributed by atoms with E-state index < -0.39 is 11.5 Å². The summed E-state index contributed by atoms with van der Waals surface area (Å²) < 4.78 is 0. The lowest BCUT2D eigenvalue weighted by molar-refractivity contribution is -0.146. The molecule has 2 fully saturated rings. The summed E-state index contributed by atoms with van der Waals surface area (Å²) in [6, 6.07) is 6.83. The van der Waals surface area contributed by atoms with Crippen molar-refractivity contribution in [3.8, 4) is 0 Å². The van der Waals surface area contributed by atoms with Crippen molar-refractivity contribution in [2.24, 2.45) is 0 Å². The largest absolute Gasteiger partial charge is 0.480 e. The summed E-state index contributed by atoms with van der Waals surface area (Å²) in [6.07, 6.45) is 6.02. The summed E-state index contributed by atoms with van der Waals surface area (Å²) in [5.41, 5.74) is 0.0443. The van der Waals surface area contributed by atoms with Crippen molar-refractivity contribution < 1.29 is 19.5 Å². The molecule has 2 N–H and O–H groups in total. The summed E-state index contributed by atoms with van der Waals surface area (Å²) in [4.78, 5) is 37.9. The average molecular weight is 344 g/mol. The molecular formula is C19H24N2O4. The Labute approximate surface area is 147 Å². The standard InChI is InChI=1S/C19H24N2O4/c22-16-6-2-5-13-21(16)15-9-7-14(8-10-15)17(23)20-19(18(24)25)11-3-1-4-12-19/h7-10H,1-6,11-13H2,(H,20,23)(H,24,25). The molecule has 0 aromatic heterocycles. The second-order valence-electron chi connectivity index (χ2n) is 6.95. The summed E-state index contributed by atoms with van der Waals surface area (Å²) in [5.74, 6) is -1.23. The quantitative estimate of drug-likeness (QED) is 0.879.